The summed E-state index contributed by atoms with van der Waals surface area (Å²) >= 11 is 0. The second-order valence-electron chi connectivity index (χ2n) is 4.90. The van der Waals surface area contributed by atoms with Crippen LogP contribution < -0.4 is 0 Å². The molecule has 3 heteroatoms. The number of esters is 1. The Bertz CT molecular complexity index is 391. The van der Waals surface area contributed by atoms with Crippen molar-refractivity contribution in [2.75, 3.05) is 13.7 Å². The molecule has 3 nitrogen and oxygen atoms in total. The minimum Gasteiger partial charge on any atom is -0.469 e. The molecule has 0 radical (unpaired) electrons. The van der Waals surface area contributed by atoms with Gasteiger partial charge in [-0.3, -0.25) is 9.69 Å². The molecule has 0 N–H and O–H groups in total. The predicted octanol–water partition coefficient (Wildman–Crippen LogP) is 2.78. The maximum atomic E-state index is 11.4. The molecule has 18 heavy (non-hydrogen) atoms. The number of likely N-dealkylation sites (tertiary alicyclic amines) is 1. The molecule has 1 saturated heterocycles. The predicted molar refractivity (Wildman–Crippen MR) is 71.2 cm³/mol. The van der Waals surface area contributed by atoms with Crippen LogP contribution in [-0.2, 0) is 9.53 Å². The van der Waals surface area contributed by atoms with Gasteiger partial charge in [0.15, 0.2) is 0 Å². The first-order chi connectivity index (χ1) is 8.72. The van der Waals surface area contributed by atoms with E-state index in [2.05, 4.69) is 36.1 Å². The van der Waals surface area contributed by atoms with Gasteiger partial charge in [0.05, 0.1) is 13.5 Å². The van der Waals surface area contributed by atoms with Gasteiger partial charge in [0, 0.05) is 12.1 Å². The van der Waals surface area contributed by atoms with Crippen LogP contribution in [0, 0.1) is 0 Å². The first-order valence-electron chi connectivity index (χ1n) is 6.60. The van der Waals surface area contributed by atoms with Crippen molar-refractivity contribution in [1.82, 2.24) is 4.90 Å². The summed E-state index contributed by atoms with van der Waals surface area (Å²) < 4.78 is 4.78. The average molecular weight is 247 g/mol. The fourth-order valence-electron chi connectivity index (χ4n) is 2.79. The number of nitrogens with zero attached hydrogens (tertiary/aromatic N) is 1. The van der Waals surface area contributed by atoms with E-state index in [0.717, 1.165) is 13.0 Å². The molecule has 0 spiro atoms. The molecule has 2 atom stereocenters. The number of ether oxygens (including phenoxy) is 1. The van der Waals surface area contributed by atoms with E-state index in [1.54, 1.807) is 0 Å². The maximum Gasteiger partial charge on any atom is 0.307 e. The lowest BCUT2D eigenvalue weighted by atomic mass is 10.0. The quantitative estimate of drug-likeness (QED) is 0.766. The van der Waals surface area contributed by atoms with Crippen LogP contribution in [0.4, 0.5) is 0 Å². The van der Waals surface area contributed by atoms with Gasteiger partial charge in [-0.1, -0.05) is 30.3 Å². The topological polar surface area (TPSA) is 29.5 Å². The van der Waals surface area contributed by atoms with Gasteiger partial charge in [-0.25, -0.2) is 0 Å². The molecule has 1 aliphatic rings. The highest BCUT2D eigenvalue weighted by molar-refractivity contribution is 5.70. The van der Waals surface area contributed by atoms with E-state index in [-0.39, 0.29) is 5.97 Å². The highest BCUT2D eigenvalue weighted by Crippen LogP contribution is 2.30. The van der Waals surface area contributed by atoms with Gasteiger partial charge >= 0.3 is 5.97 Å². The van der Waals surface area contributed by atoms with Gasteiger partial charge in [-0.05, 0) is 31.9 Å². The van der Waals surface area contributed by atoms with Gasteiger partial charge in [0.2, 0.25) is 0 Å². The van der Waals surface area contributed by atoms with Gasteiger partial charge in [0.1, 0.15) is 0 Å². The van der Waals surface area contributed by atoms with Crippen LogP contribution in [0.1, 0.15) is 37.8 Å². The smallest absolute Gasteiger partial charge is 0.307 e. The van der Waals surface area contributed by atoms with E-state index in [1.165, 1.54) is 19.1 Å². The Labute approximate surface area is 109 Å². The number of methoxy groups -OCH3 is 1. The van der Waals surface area contributed by atoms with E-state index >= 15 is 0 Å². The summed E-state index contributed by atoms with van der Waals surface area (Å²) in [6.07, 6.45) is 2.76. The Hall–Kier alpha value is -1.35. The second-order valence-corrected chi connectivity index (χ2v) is 4.90. The van der Waals surface area contributed by atoms with E-state index in [9.17, 15) is 4.79 Å². The molecule has 1 aromatic carbocycles. The SMILES string of the molecule is COC(=O)C[C@H]1CCCN1[C@H](C)c1ccccc1. The molecule has 1 heterocycles. The van der Waals surface area contributed by atoms with Gasteiger partial charge in [-0.15, -0.1) is 0 Å². The molecular weight excluding hydrogens is 226 g/mol. The zero-order valence-electron chi connectivity index (χ0n) is 11.1. The average Bonchev–Trinajstić information content (AvgIpc) is 2.86. The zero-order chi connectivity index (χ0) is 13.0. The molecule has 0 amide bonds. The fourth-order valence-corrected chi connectivity index (χ4v) is 2.79. The van der Waals surface area contributed by atoms with Crippen LogP contribution in [-0.4, -0.2) is 30.6 Å². The van der Waals surface area contributed by atoms with Crippen molar-refractivity contribution in [3.8, 4) is 0 Å². The number of carbonyl (C=O) groups is 1. The third-order valence-corrected chi connectivity index (χ3v) is 3.83. The minimum atomic E-state index is -0.104. The summed E-state index contributed by atoms with van der Waals surface area (Å²) in [6, 6.07) is 11.2. The van der Waals surface area contributed by atoms with Gasteiger partial charge < -0.3 is 4.74 Å². The summed E-state index contributed by atoms with van der Waals surface area (Å²) in [4.78, 5) is 13.8. The summed E-state index contributed by atoms with van der Waals surface area (Å²) in [5, 5.41) is 0. The van der Waals surface area contributed by atoms with E-state index in [0.29, 0.717) is 18.5 Å². The van der Waals surface area contributed by atoms with Crippen molar-refractivity contribution in [1.29, 1.82) is 0 Å². The number of hydrogen-bond donors (Lipinski definition) is 0. The lowest BCUT2D eigenvalue weighted by Gasteiger charge is -2.30. The third-order valence-electron chi connectivity index (χ3n) is 3.83. The molecule has 1 aliphatic heterocycles. The van der Waals surface area contributed by atoms with Crippen LogP contribution in [0.15, 0.2) is 30.3 Å². The number of benzene rings is 1. The summed E-state index contributed by atoms with van der Waals surface area (Å²) in [5.74, 6) is -0.104. The number of carbonyl (C=O) groups excluding carboxylic acids is 1. The van der Waals surface area contributed by atoms with Crippen molar-refractivity contribution in [3.05, 3.63) is 35.9 Å². The monoisotopic (exact) mass is 247 g/mol. The second kappa shape index (κ2) is 6.01. The number of hydrogen-bond acceptors (Lipinski definition) is 3. The number of rotatable bonds is 4. The zero-order valence-corrected chi connectivity index (χ0v) is 11.1. The third kappa shape index (κ3) is 2.91. The Balaban J connectivity index is 2.05. The standard InChI is InChI=1S/C15H21NO2/c1-12(13-7-4-3-5-8-13)16-10-6-9-14(16)11-15(17)18-2/h3-5,7-8,12,14H,6,9-11H2,1-2H3/t12-,14-/m1/s1. The van der Waals surface area contributed by atoms with Crippen molar-refractivity contribution >= 4 is 5.97 Å². The van der Waals surface area contributed by atoms with E-state index in [4.69, 9.17) is 4.74 Å². The molecule has 0 bridgehead atoms. The summed E-state index contributed by atoms with van der Waals surface area (Å²) in [7, 11) is 1.46. The molecule has 1 aromatic rings. The first-order valence-corrected chi connectivity index (χ1v) is 6.60. The minimum absolute atomic E-state index is 0.104. The van der Waals surface area contributed by atoms with Crippen LogP contribution in [0.5, 0.6) is 0 Å². The summed E-state index contributed by atoms with van der Waals surface area (Å²) in [5.41, 5.74) is 1.31. The normalized spacial score (nSPS) is 21.8. The molecular formula is C15H21NO2. The van der Waals surface area contributed by atoms with Crippen LogP contribution in [0.25, 0.3) is 0 Å². The van der Waals surface area contributed by atoms with Crippen LogP contribution >= 0.6 is 0 Å². The molecule has 0 aliphatic carbocycles. The van der Waals surface area contributed by atoms with Crippen LogP contribution in [0.3, 0.4) is 0 Å². The van der Waals surface area contributed by atoms with Crippen LogP contribution in [0.2, 0.25) is 0 Å². The molecule has 0 saturated carbocycles. The van der Waals surface area contributed by atoms with Crippen molar-refractivity contribution in [3.63, 3.8) is 0 Å². The molecule has 0 unspecified atom stereocenters. The largest absolute Gasteiger partial charge is 0.469 e. The van der Waals surface area contributed by atoms with Gasteiger partial charge in [-0.2, -0.15) is 0 Å². The Morgan fingerprint density at radius 1 is 1.44 bits per heavy atom. The maximum absolute atomic E-state index is 11.4. The van der Waals surface area contributed by atoms with E-state index < -0.39 is 0 Å². The molecule has 98 valence electrons. The van der Waals surface area contributed by atoms with Crippen molar-refractivity contribution in [2.45, 2.75) is 38.3 Å². The molecule has 1 fully saturated rings. The van der Waals surface area contributed by atoms with Gasteiger partial charge in [0.25, 0.3) is 0 Å². The van der Waals surface area contributed by atoms with Crippen molar-refractivity contribution < 1.29 is 9.53 Å². The summed E-state index contributed by atoms with van der Waals surface area (Å²) in [6.45, 7) is 3.28. The Morgan fingerprint density at radius 2 is 2.17 bits per heavy atom. The fraction of sp³-hybridized carbons (Fsp3) is 0.533. The molecule has 0 aromatic heterocycles. The first kappa shape index (κ1) is 13.1. The van der Waals surface area contributed by atoms with E-state index in [1.807, 2.05) is 6.07 Å². The highest BCUT2D eigenvalue weighted by Gasteiger charge is 2.30. The Morgan fingerprint density at radius 3 is 2.83 bits per heavy atom. The Kier molecular flexibility index (Phi) is 4.37. The lowest BCUT2D eigenvalue weighted by Crippen LogP contribution is -2.34. The lowest BCUT2D eigenvalue weighted by molar-refractivity contribution is -0.142. The highest BCUT2D eigenvalue weighted by atomic mass is 16.5. The molecule has 2 rings (SSSR count). The van der Waals surface area contributed by atoms with Crippen molar-refractivity contribution in [2.24, 2.45) is 0 Å².